The van der Waals surface area contributed by atoms with Crippen LogP contribution in [-0.2, 0) is 0 Å². The Kier molecular flexibility index (Phi) is 4.11. The predicted molar refractivity (Wildman–Crippen MR) is 66.6 cm³/mol. The molecule has 0 saturated heterocycles. The van der Waals surface area contributed by atoms with Crippen LogP contribution in [0.15, 0.2) is 18.2 Å². The number of aliphatic hydroxyl groups is 2. The summed E-state index contributed by atoms with van der Waals surface area (Å²) in [5.74, 6) is -0.393. The molecule has 0 saturated carbocycles. The molecule has 4 heteroatoms. The zero-order valence-electron chi connectivity index (χ0n) is 10.7. The second-order valence-electron chi connectivity index (χ2n) is 5.06. The van der Waals surface area contributed by atoms with Gasteiger partial charge < -0.3 is 15.1 Å². The number of likely N-dealkylation sites (N-methyl/N-ethyl adjacent to an activating group) is 1. The molecule has 0 radical (unpaired) electrons. The molecule has 0 bridgehead atoms. The van der Waals surface area contributed by atoms with Crippen LogP contribution in [0.4, 0.5) is 10.1 Å². The normalized spacial score (nSPS) is 13.6. The topological polar surface area (TPSA) is 43.7 Å². The Morgan fingerprint density at radius 1 is 1.41 bits per heavy atom. The number of anilines is 1. The quantitative estimate of drug-likeness (QED) is 0.848. The van der Waals surface area contributed by atoms with Gasteiger partial charge in [0.1, 0.15) is 5.82 Å². The van der Waals surface area contributed by atoms with Crippen molar-refractivity contribution in [3.05, 3.63) is 29.6 Å². The lowest BCUT2D eigenvalue weighted by molar-refractivity contribution is 0.0885. The Balaban J connectivity index is 2.92. The average molecular weight is 241 g/mol. The van der Waals surface area contributed by atoms with Crippen LogP contribution in [0.3, 0.4) is 0 Å². The van der Waals surface area contributed by atoms with Gasteiger partial charge in [-0.15, -0.1) is 0 Å². The van der Waals surface area contributed by atoms with Crippen LogP contribution in [0.25, 0.3) is 0 Å². The summed E-state index contributed by atoms with van der Waals surface area (Å²) in [5.41, 5.74) is 0.0730. The third-order valence-electron chi connectivity index (χ3n) is 2.49. The van der Waals surface area contributed by atoms with E-state index in [4.69, 9.17) is 0 Å². The first-order chi connectivity index (χ1) is 7.70. The highest BCUT2D eigenvalue weighted by atomic mass is 19.1. The summed E-state index contributed by atoms with van der Waals surface area (Å²) in [4.78, 5) is 1.65. The largest absolute Gasteiger partial charge is 0.389 e. The van der Waals surface area contributed by atoms with Crippen LogP contribution in [0.2, 0.25) is 0 Å². The van der Waals surface area contributed by atoms with E-state index < -0.39 is 17.5 Å². The predicted octanol–water partition coefficient (Wildman–Crippen LogP) is 2.09. The summed E-state index contributed by atoms with van der Waals surface area (Å²) in [6.45, 7) is 5.27. The second-order valence-corrected chi connectivity index (χ2v) is 5.06. The molecule has 0 amide bonds. The van der Waals surface area contributed by atoms with E-state index >= 15 is 0 Å². The second kappa shape index (κ2) is 5.02. The van der Waals surface area contributed by atoms with Crippen molar-refractivity contribution in [2.45, 2.75) is 32.5 Å². The van der Waals surface area contributed by atoms with Crippen LogP contribution in [-0.4, -0.2) is 29.4 Å². The van der Waals surface area contributed by atoms with E-state index in [1.54, 1.807) is 44.9 Å². The van der Waals surface area contributed by atoms with Gasteiger partial charge in [0.15, 0.2) is 0 Å². The summed E-state index contributed by atoms with van der Waals surface area (Å²) >= 11 is 0. The first kappa shape index (κ1) is 13.9. The number of halogens is 1. The Hall–Kier alpha value is -1.13. The van der Waals surface area contributed by atoms with E-state index in [2.05, 4.69) is 0 Å². The smallest absolute Gasteiger partial charge is 0.146 e. The van der Waals surface area contributed by atoms with Gasteiger partial charge in [-0.1, -0.05) is 6.07 Å². The minimum atomic E-state index is -0.885. The number of nitrogens with zero attached hydrogens (tertiary/aromatic N) is 1. The van der Waals surface area contributed by atoms with Crippen LogP contribution >= 0.6 is 0 Å². The van der Waals surface area contributed by atoms with Gasteiger partial charge in [0.2, 0.25) is 0 Å². The van der Waals surface area contributed by atoms with Crippen molar-refractivity contribution in [3.63, 3.8) is 0 Å². The first-order valence-corrected chi connectivity index (χ1v) is 5.62. The molecule has 0 spiro atoms. The molecular weight excluding hydrogens is 221 g/mol. The molecular formula is C13H20FNO2. The SMILES string of the molecule is C[C@H](O)c1ccc(N(C)CC(C)(C)O)c(F)c1. The number of benzene rings is 1. The molecule has 1 atom stereocenters. The molecule has 0 aliphatic carbocycles. The highest BCUT2D eigenvalue weighted by Gasteiger charge is 2.18. The molecule has 0 fully saturated rings. The van der Waals surface area contributed by atoms with Crippen molar-refractivity contribution < 1.29 is 14.6 Å². The average Bonchev–Trinajstić information content (AvgIpc) is 2.14. The summed E-state index contributed by atoms with van der Waals surface area (Å²) < 4.78 is 13.8. The molecule has 3 nitrogen and oxygen atoms in total. The zero-order valence-corrected chi connectivity index (χ0v) is 10.7. The molecule has 1 rings (SSSR count). The summed E-state index contributed by atoms with van der Waals surface area (Å²) in [6.07, 6.45) is -0.682. The van der Waals surface area contributed by atoms with Gasteiger partial charge in [-0.3, -0.25) is 0 Å². The zero-order chi connectivity index (χ0) is 13.2. The van der Waals surface area contributed by atoms with E-state index in [1.165, 1.54) is 6.07 Å². The third kappa shape index (κ3) is 3.98. The summed E-state index contributed by atoms with van der Waals surface area (Å²) in [6, 6.07) is 4.62. The summed E-state index contributed by atoms with van der Waals surface area (Å²) in [5, 5.41) is 19.0. The van der Waals surface area contributed by atoms with Crippen molar-refractivity contribution in [1.29, 1.82) is 0 Å². The molecule has 2 N–H and O–H groups in total. The Labute approximate surface area is 101 Å². The van der Waals surface area contributed by atoms with E-state index in [0.29, 0.717) is 17.8 Å². The van der Waals surface area contributed by atoms with Crippen LogP contribution in [0, 0.1) is 5.82 Å². The lowest BCUT2D eigenvalue weighted by Crippen LogP contribution is -2.36. The van der Waals surface area contributed by atoms with Crippen LogP contribution in [0.5, 0.6) is 0 Å². The van der Waals surface area contributed by atoms with Crippen LogP contribution in [0.1, 0.15) is 32.4 Å². The fourth-order valence-electron chi connectivity index (χ4n) is 1.76. The number of hydrogen-bond donors (Lipinski definition) is 2. The molecule has 1 aromatic carbocycles. The standard InChI is InChI=1S/C13H20FNO2/c1-9(16)10-5-6-12(11(14)7-10)15(4)8-13(2,3)17/h5-7,9,16-17H,8H2,1-4H3/t9-/m0/s1. The van der Waals surface area contributed by atoms with Crippen LogP contribution < -0.4 is 4.90 Å². The van der Waals surface area contributed by atoms with Gasteiger partial charge >= 0.3 is 0 Å². The minimum absolute atomic E-state index is 0.331. The maximum absolute atomic E-state index is 13.8. The molecule has 0 aromatic heterocycles. The van der Waals surface area contributed by atoms with Crippen molar-refractivity contribution in [1.82, 2.24) is 0 Å². The number of rotatable bonds is 4. The van der Waals surface area contributed by atoms with Crippen molar-refractivity contribution in [2.24, 2.45) is 0 Å². The fraction of sp³-hybridized carbons (Fsp3) is 0.538. The number of hydrogen-bond acceptors (Lipinski definition) is 3. The fourth-order valence-corrected chi connectivity index (χ4v) is 1.76. The van der Waals surface area contributed by atoms with Crippen molar-refractivity contribution >= 4 is 5.69 Å². The van der Waals surface area contributed by atoms with E-state index in [9.17, 15) is 14.6 Å². The molecule has 1 aromatic rings. The van der Waals surface area contributed by atoms with E-state index in [0.717, 1.165) is 0 Å². The first-order valence-electron chi connectivity index (χ1n) is 5.62. The van der Waals surface area contributed by atoms with Gasteiger partial charge in [0.25, 0.3) is 0 Å². The minimum Gasteiger partial charge on any atom is -0.389 e. The summed E-state index contributed by atoms with van der Waals surface area (Å²) in [7, 11) is 1.72. The lowest BCUT2D eigenvalue weighted by atomic mass is 10.1. The van der Waals surface area contributed by atoms with Gasteiger partial charge in [-0.25, -0.2) is 4.39 Å². The maximum atomic E-state index is 13.8. The monoisotopic (exact) mass is 241 g/mol. The highest BCUT2D eigenvalue weighted by Crippen LogP contribution is 2.23. The molecule has 17 heavy (non-hydrogen) atoms. The van der Waals surface area contributed by atoms with Gasteiger partial charge in [-0.2, -0.15) is 0 Å². The van der Waals surface area contributed by atoms with Crippen molar-refractivity contribution in [3.8, 4) is 0 Å². The van der Waals surface area contributed by atoms with Gasteiger partial charge in [0.05, 0.1) is 17.4 Å². The van der Waals surface area contributed by atoms with E-state index in [1.807, 2.05) is 0 Å². The third-order valence-corrected chi connectivity index (χ3v) is 2.49. The van der Waals surface area contributed by atoms with Crippen molar-refractivity contribution in [2.75, 3.05) is 18.5 Å². The van der Waals surface area contributed by atoms with E-state index in [-0.39, 0.29) is 0 Å². The Bertz CT molecular complexity index is 385. The molecule has 0 heterocycles. The molecule has 0 aliphatic heterocycles. The molecule has 0 aliphatic rings. The maximum Gasteiger partial charge on any atom is 0.146 e. The number of aliphatic hydroxyl groups excluding tert-OH is 1. The highest BCUT2D eigenvalue weighted by molar-refractivity contribution is 5.49. The Morgan fingerprint density at radius 2 is 2.00 bits per heavy atom. The Morgan fingerprint density at radius 3 is 2.41 bits per heavy atom. The van der Waals surface area contributed by atoms with Gasteiger partial charge in [-0.05, 0) is 38.5 Å². The molecule has 0 unspecified atom stereocenters. The van der Waals surface area contributed by atoms with Gasteiger partial charge in [0, 0.05) is 13.6 Å². The lowest BCUT2D eigenvalue weighted by Gasteiger charge is -2.27. The molecule has 96 valence electrons.